The number of ether oxygens (including phenoxy) is 1. The second-order valence-corrected chi connectivity index (χ2v) is 27.4. The molecule has 22 heteroatoms. The molecular formula is C65H76ClN11O9S. The van der Waals surface area contributed by atoms with Crippen LogP contribution in [0, 0.1) is 16.5 Å². The van der Waals surface area contributed by atoms with E-state index in [1.54, 1.807) is 35.4 Å². The second kappa shape index (κ2) is 25.1. The van der Waals surface area contributed by atoms with E-state index in [-0.39, 0.29) is 51.5 Å². The number of carbonyl (C=O) groups is 4. The predicted molar refractivity (Wildman–Crippen MR) is 332 cm³/mol. The van der Waals surface area contributed by atoms with Gasteiger partial charge in [-0.1, -0.05) is 55.3 Å². The molecule has 6 heterocycles. The number of fused-ring (bicyclic) bond motifs is 2. The Morgan fingerprint density at radius 3 is 2.45 bits per heavy atom. The number of nitrogens with one attached hydrogen (secondary N) is 5. The Balaban J connectivity index is 0.651. The van der Waals surface area contributed by atoms with Crippen molar-refractivity contribution in [1.82, 2.24) is 39.6 Å². The van der Waals surface area contributed by atoms with E-state index < -0.39 is 33.1 Å². The first-order valence-electron chi connectivity index (χ1n) is 30.4. The topological polar surface area (TPSA) is 240 Å². The summed E-state index contributed by atoms with van der Waals surface area (Å²) in [7, 11) is -4.59. The highest BCUT2D eigenvalue weighted by Crippen LogP contribution is 2.44. The molecule has 3 saturated heterocycles. The van der Waals surface area contributed by atoms with Crippen molar-refractivity contribution in [3.8, 4) is 11.5 Å². The molecule has 4 aromatic carbocycles. The van der Waals surface area contributed by atoms with Crippen molar-refractivity contribution >= 4 is 78.9 Å². The number of pyridine rings is 1. The van der Waals surface area contributed by atoms with Gasteiger partial charge in [0, 0.05) is 130 Å². The summed E-state index contributed by atoms with van der Waals surface area (Å²) < 4.78 is 36.7. The second-order valence-electron chi connectivity index (χ2n) is 25.3. The van der Waals surface area contributed by atoms with Crippen molar-refractivity contribution < 1.29 is 42.8 Å². The number of piperidine rings is 1. The molecule has 6 aromatic rings. The summed E-state index contributed by atoms with van der Waals surface area (Å²) in [5, 5.41) is 29.0. The number of allylic oxidation sites excluding steroid dienone is 1. The summed E-state index contributed by atoms with van der Waals surface area (Å²) in [6.07, 6.45) is 10.9. The first kappa shape index (κ1) is 60.1. The highest BCUT2D eigenvalue weighted by atomic mass is 35.5. The third kappa shape index (κ3) is 13.5. The predicted octanol–water partition coefficient (Wildman–Crippen LogP) is 8.25. The van der Waals surface area contributed by atoms with Gasteiger partial charge in [0.1, 0.15) is 23.2 Å². The maximum Gasteiger partial charge on any atom is 0.268 e. The minimum Gasteiger partial charge on any atom is -0.595 e. The molecule has 2 unspecified atom stereocenters. The number of aromatic nitrogens is 2. The summed E-state index contributed by atoms with van der Waals surface area (Å²) in [5.41, 5.74) is 8.43. The number of anilines is 2. The third-order valence-corrected chi connectivity index (χ3v) is 20.4. The number of piperazine rings is 2. The van der Waals surface area contributed by atoms with Crippen LogP contribution < -0.4 is 30.2 Å². The van der Waals surface area contributed by atoms with E-state index in [1.165, 1.54) is 35.0 Å². The molecule has 87 heavy (non-hydrogen) atoms. The Morgan fingerprint density at radius 1 is 0.897 bits per heavy atom. The Bertz CT molecular complexity index is 3750. The number of aromatic amines is 1. The van der Waals surface area contributed by atoms with Crippen LogP contribution in [0.4, 0.5) is 17.1 Å². The number of carbonyl (C=O) groups excluding carboxylic acids is 4. The van der Waals surface area contributed by atoms with Gasteiger partial charge in [-0.25, -0.2) is 23.3 Å². The zero-order valence-corrected chi connectivity index (χ0v) is 51.0. The van der Waals surface area contributed by atoms with Crippen LogP contribution in [0.15, 0.2) is 114 Å². The van der Waals surface area contributed by atoms with Gasteiger partial charge in [-0.2, -0.15) is 5.23 Å². The molecule has 4 amide bonds. The van der Waals surface area contributed by atoms with Crippen molar-refractivity contribution in [2.45, 2.75) is 115 Å². The lowest BCUT2D eigenvalue weighted by Crippen LogP contribution is -2.99. The molecule has 1 saturated carbocycles. The van der Waals surface area contributed by atoms with Gasteiger partial charge < -0.3 is 30.0 Å². The maximum absolute atomic E-state index is 14.2. The number of nitrogens with zero attached hydrogens (tertiary/aromatic N) is 6. The van der Waals surface area contributed by atoms with Gasteiger partial charge in [-0.05, 0) is 146 Å². The third-order valence-electron chi connectivity index (χ3n) is 18.8. The van der Waals surface area contributed by atoms with Crippen LogP contribution in [-0.4, -0.2) is 144 Å². The minimum atomic E-state index is -4.59. The van der Waals surface area contributed by atoms with E-state index in [0.29, 0.717) is 67.3 Å². The van der Waals surface area contributed by atoms with Crippen molar-refractivity contribution in [2.24, 2.45) is 11.3 Å². The average molecular weight is 1220 g/mol. The number of rotatable bonds is 17. The minimum absolute atomic E-state index is 0.0321. The average Bonchev–Trinajstić information content (AvgIpc) is 2.61. The fourth-order valence-electron chi connectivity index (χ4n) is 13.8. The smallest absolute Gasteiger partial charge is 0.268 e. The number of hydrogen-bond acceptors (Lipinski definition) is 15. The normalized spacial score (nSPS) is 22.8. The van der Waals surface area contributed by atoms with Crippen LogP contribution in [0.25, 0.3) is 16.6 Å². The number of quaternary nitrogens is 1. The molecule has 6 N–H and O–H groups in total. The first-order chi connectivity index (χ1) is 41.8. The van der Waals surface area contributed by atoms with Crippen LogP contribution in [0.3, 0.4) is 0 Å². The Morgan fingerprint density at radius 2 is 1.69 bits per heavy atom. The summed E-state index contributed by atoms with van der Waals surface area (Å²) in [6, 6.07) is 26.8. The molecular weight excluding hydrogens is 1150 g/mol. The number of amides is 4. The lowest BCUT2D eigenvalue weighted by molar-refractivity contribution is -0.990. The first-order valence-corrected chi connectivity index (χ1v) is 32.3. The van der Waals surface area contributed by atoms with Gasteiger partial charge >= 0.3 is 0 Å². The maximum atomic E-state index is 14.2. The van der Waals surface area contributed by atoms with E-state index in [1.807, 2.05) is 30.3 Å². The molecule has 0 bridgehead atoms. The lowest BCUT2D eigenvalue weighted by Gasteiger charge is -2.45. The molecule has 2 aromatic heterocycles. The molecule has 0 spiro atoms. The van der Waals surface area contributed by atoms with Crippen LogP contribution >= 0.6 is 11.6 Å². The van der Waals surface area contributed by atoms with E-state index >= 15 is 0 Å². The fourth-order valence-corrected chi connectivity index (χ4v) is 14.9. The van der Waals surface area contributed by atoms with Crippen LogP contribution in [0.5, 0.6) is 11.5 Å². The van der Waals surface area contributed by atoms with Crippen LogP contribution in [0.1, 0.15) is 116 Å². The fraction of sp³-hybridized carbons (Fsp3) is 0.431. The number of sulfonamides is 1. The summed E-state index contributed by atoms with van der Waals surface area (Å²) in [4.78, 5) is 70.3. The number of imide groups is 1. The molecule has 4 aliphatic heterocycles. The van der Waals surface area contributed by atoms with E-state index in [4.69, 9.17) is 16.3 Å². The Kier molecular flexibility index (Phi) is 17.3. The monoisotopic (exact) mass is 1220 g/mol. The van der Waals surface area contributed by atoms with Crippen LogP contribution in [0.2, 0.25) is 5.02 Å². The van der Waals surface area contributed by atoms with E-state index in [2.05, 4.69) is 83.9 Å². The van der Waals surface area contributed by atoms with Gasteiger partial charge in [0.15, 0.2) is 5.69 Å². The Labute approximate surface area is 512 Å². The van der Waals surface area contributed by atoms with Gasteiger partial charge in [0.2, 0.25) is 11.8 Å². The van der Waals surface area contributed by atoms with Crippen molar-refractivity contribution in [1.29, 1.82) is 0 Å². The molecule has 2 aliphatic carbocycles. The highest BCUT2D eigenvalue weighted by Gasteiger charge is 2.40. The summed E-state index contributed by atoms with van der Waals surface area (Å²) in [6.45, 7) is 15.2. The van der Waals surface area contributed by atoms with Gasteiger partial charge in [0.25, 0.3) is 21.8 Å². The molecule has 458 valence electrons. The quantitative estimate of drug-likeness (QED) is 0.0372. The molecule has 4 fully saturated rings. The summed E-state index contributed by atoms with van der Waals surface area (Å²) in [5.74, 6) is -1.07. The zero-order valence-electron chi connectivity index (χ0n) is 49.4. The molecule has 6 aliphatic rings. The molecule has 12 rings (SSSR count). The molecule has 0 radical (unpaired) electrons. The van der Waals surface area contributed by atoms with Gasteiger partial charge in [0.05, 0.1) is 22.3 Å². The van der Waals surface area contributed by atoms with Gasteiger partial charge in [-0.15, -0.1) is 0 Å². The van der Waals surface area contributed by atoms with Crippen molar-refractivity contribution in [3.63, 3.8) is 0 Å². The Hall–Kier alpha value is -7.21. The van der Waals surface area contributed by atoms with E-state index in [0.717, 1.165) is 124 Å². The van der Waals surface area contributed by atoms with E-state index in [9.17, 15) is 38.0 Å². The number of hydrogen-bond donors (Lipinski definition) is 6. The van der Waals surface area contributed by atoms with Gasteiger partial charge in [-0.3, -0.25) is 39.2 Å². The molecule has 3 atom stereocenters. The number of halogens is 1. The molecule has 20 nitrogen and oxygen atoms in total. The van der Waals surface area contributed by atoms with Crippen LogP contribution in [-0.2, 0) is 32.7 Å². The number of benzene rings is 4. The standard InChI is InChI=1S/C65H76ClN11O9S/c1-41-37-75(29-28-74(41)38-43-6-15-53-47(30-43)40-76(64(53)81)57-18-19-60(78)70-63(57)80)49-11-4-42(5-12-49)35-68-56-17-14-52(33-58(56)77(82)83)87(84,85)71-62(79)54-16-13-50(32-59(54)86-51-31-45-21-23-67-61(45)69-36-51)73-26-24-72(25-27-73)39-46-20-22-65(2,3)34-55(46)44-7-9-48(66)10-8-44/h6-10,13-17,21,23,30-33,36,41-42,49,57,68,77,82H,4-5,11-12,18-20,22,24-29,34-35,37-40H2,1-3H3,(H,67,69)(H,71,79)(H,70,78,80)/t41-,42?,49?,57?/m0/s1. The zero-order chi connectivity index (χ0) is 60.7. The highest BCUT2D eigenvalue weighted by molar-refractivity contribution is 7.90. The lowest BCUT2D eigenvalue weighted by atomic mass is 9.72. The number of H-pyrrole nitrogens is 1. The van der Waals surface area contributed by atoms with Crippen molar-refractivity contribution in [3.05, 3.63) is 147 Å². The largest absolute Gasteiger partial charge is 0.595 e. The summed E-state index contributed by atoms with van der Waals surface area (Å²) >= 11 is 6.28. The van der Waals surface area contributed by atoms with Crippen molar-refractivity contribution in [2.75, 3.05) is 69.1 Å². The SMILES string of the molecule is C[C@H]1CN(C2CCC(CNc3ccc(S(=O)(=O)NC(=O)c4ccc(N5CCN(CC6=C(c7ccc(Cl)cc7)CC(C)(C)CC6)CC5)cc4Oc4cnc5[nH]ccc5c4)cc3[NH+]([O-])O)CC2)CCN1Cc1ccc2c(c1)CN(C1CCC(=O)NC1=O)C2=O.